The van der Waals surface area contributed by atoms with Gasteiger partial charge in [-0.1, -0.05) is 30.3 Å². The number of hydrogen-bond acceptors (Lipinski definition) is 3. The molecule has 5 heteroatoms. The largest absolute Gasteiger partial charge is 0.368 e. The minimum Gasteiger partial charge on any atom is -0.368 e. The Balaban J connectivity index is 1.53. The number of urea groups is 1. The van der Waals surface area contributed by atoms with E-state index in [1.807, 2.05) is 66.4 Å². The lowest BCUT2D eigenvalue weighted by Crippen LogP contribution is -2.52. The number of amides is 2. The highest BCUT2D eigenvalue weighted by Crippen LogP contribution is 2.18. The molecule has 1 aliphatic rings. The molecule has 1 fully saturated rings. The average Bonchev–Trinajstić information content (AvgIpc) is 2.69. The van der Waals surface area contributed by atoms with E-state index < -0.39 is 0 Å². The van der Waals surface area contributed by atoms with Gasteiger partial charge in [0.15, 0.2) is 5.78 Å². The van der Waals surface area contributed by atoms with Crippen LogP contribution in [-0.2, 0) is 0 Å². The Labute approximate surface area is 154 Å². The molecule has 0 saturated carbocycles. The van der Waals surface area contributed by atoms with Gasteiger partial charge in [-0.25, -0.2) is 4.79 Å². The minimum atomic E-state index is -0.0204. The van der Waals surface area contributed by atoms with Gasteiger partial charge in [-0.2, -0.15) is 0 Å². The highest BCUT2D eigenvalue weighted by atomic mass is 16.2. The molecule has 0 bridgehead atoms. The Bertz CT molecular complexity index is 751. The van der Waals surface area contributed by atoms with Crippen LogP contribution in [-0.4, -0.2) is 42.9 Å². The molecule has 1 atom stereocenters. The van der Waals surface area contributed by atoms with Crippen molar-refractivity contribution in [3.05, 3.63) is 65.7 Å². The second-order valence-electron chi connectivity index (χ2n) is 6.66. The van der Waals surface area contributed by atoms with Crippen LogP contribution in [0.3, 0.4) is 0 Å². The number of benzene rings is 2. The van der Waals surface area contributed by atoms with Crippen LogP contribution in [0.15, 0.2) is 54.6 Å². The average molecular weight is 351 g/mol. The van der Waals surface area contributed by atoms with E-state index in [1.165, 1.54) is 0 Å². The second-order valence-corrected chi connectivity index (χ2v) is 6.66. The SMILES string of the molecule is CC(=O)c1ccc(N2CCN(C(=O)NC(C)c3ccccc3)CC2)cc1. The highest BCUT2D eigenvalue weighted by Gasteiger charge is 2.22. The van der Waals surface area contributed by atoms with E-state index in [0.717, 1.165) is 29.9 Å². The number of ketones is 1. The molecule has 1 saturated heterocycles. The fraction of sp³-hybridized carbons (Fsp3) is 0.333. The van der Waals surface area contributed by atoms with Crippen LogP contribution in [0.2, 0.25) is 0 Å². The summed E-state index contributed by atoms with van der Waals surface area (Å²) < 4.78 is 0. The van der Waals surface area contributed by atoms with Gasteiger partial charge < -0.3 is 15.1 Å². The van der Waals surface area contributed by atoms with Crippen molar-refractivity contribution in [2.24, 2.45) is 0 Å². The first kappa shape index (κ1) is 18.0. The Kier molecular flexibility index (Phi) is 5.56. The van der Waals surface area contributed by atoms with Crippen LogP contribution in [0, 0.1) is 0 Å². The van der Waals surface area contributed by atoms with Crippen LogP contribution in [0.25, 0.3) is 0 Å². The van der Waals surface area contributed by atoms with Gasteiger partial charge in [0.1, 0.15) is 0 Å². The number of carbonyl (C=O) groups is 2. The number of rotatable bonds is 4. The Hall–Kier alpha value is -2.82. The first-order valence-corrected chi connectivity index (χ1v) is 9.01. The molecule has 136 valence electrons. The zero-order valence-corrected chi connectivity index (χ0v) is 15.3. The zero-order valence-electron chi connectivity index (χ0n) is 15.3. The molecular weight excluding hydrogens is 326 g/mol. The van der Waals surface area contributed by atoms with E-state index in [1.54, 1.807) is 6.92 Å². The summed E-state index contributed by atoms with van der Waals surface area (Å²) in [6.07, 6.45) is 0. The fourth-order valence-corrected chi connectivity index (χ4v) is 3.18. The Morgan fingerprint density at radius 2 is 1.54 bits per heavy atom. The molecule has 1 unspecified atom stereocenters. The quantitative estimate of drug-likeness (QED) is 0.858. The summed E-state index contributed by atoms with van der Waals surface area (Å²) >= 11 is 0. The van der Waals surface area contributed by atoms with Crippen LogP contribution >= 0.6 is 0 Å². The maximum absolute atomic E-state index is 12.5. The van der Waals surface area contributed by atoms with Crippen molar-refractivity contribution in [3.63, 3.8) is 0 Å². The molecular formula is C21H25N3O2. The summed E-state index contributed by atoms with van der Waals surface area (Å²) in [4.78, 5) is 28.0. The Morgan fingerprint density at radius 1 is 0.923 bits per heavy atom. The van der Waals surface area contributed by atoms with E-state index >= 15 is 0 Å². The van der Waals surface area contributed by atoms with Crippen molar-refractivity contribution in [2.75, 3.05) is 31.1 Å². The van der Waals surface area contributed by atoms with E-state index in [2.05, 4.69) is 10.2 Å². The zero-order chi connectivity index (χ0) is 18.5. The molecule has 0 radical (unpaired) electrons. The number of carbonyl (C=O) groups excluding carboxylic acids is 2. The molecule has 0 aromatic heterocycles. The van der Waals surface area contributed by atoms with E-state index in [4.69, 9.17) is 0 Å². The standard InChI is InChI=1S/C21H25N3O2/c1-16(18-6-4-3-5-7-18)22-21(26)24-14-12-23(13-15-24)20-10-8-19(9-11-20)17(2)25/h3-11,16H,12-15H2,1-2H3,(H,22,26). The monoisotopic (exact) mass is 351 g/mol. The molecule has 3 rings (SSSR count). The summed E-state index contributed by atoms with van der Waals surface area (Å²) in [5, 5.41) is 3.07. The Morgan fingerprint density at radius 3 is 2.12 bits per heavy atom. The van der Waals surface area contributed by atoms with Gasteiger partial charge in [-0.05, 0) is 43.7 Å². The topological polar surface area (TPSA) is 52.7 Å². The van der Waals surface area contributed by atoms with E-state index in [-0.39, 0.29) is 17.9 Å². The van der Waals surface area contributed by atoms with Crippen LogP contribution in [0.5, 0.6) is 0 Å². The molecule has 1 aliphatic heterocycles. The number of Topliss-reactive ketones (excluding diaryl/α,β-unsaturated/α-hetero) is 1. The molecule has 1 heterocycles. The first-order chi connectivity index (χ1) is 12.5. The van der Waals surface area contributed by atoms with Crippen LogP contribution in [0.4, 0.5) is 10.5 Å². The summed E-state index contributed by atoms with van der Waals surface area (Å²) in [5.41, 5.74) is 2.92. The van der Waals surface area contributed by atoms with Crippen molar-refractivity contribution in [1.82, 2.24) is 10.2 Å². The van der Waals surface area contributed by atoms with Gasteiger partial charge in [0.25, 0.3) is 0 Å². The summed E-state index contributed by atoms with van der Waals surface area (Å²) in [6.45, 7) is 6.51. The number of piperazine rings is 1. The lowest BCUT2D eigenvalue weighted by molar-refractivity contribution is 0.101. The summed E-state index contributed by atoms with van der Waals surface area (Å²) in [7, 11) is 0. The molecule has 5 nitrogen and oxygen atoms in total. The minimum absolute atomic E-state index is 0.0131. The number of anilines is 1. The van der Waals surface area contributed by atoms with E-state index in [0.29, 0.717) is 13.1 Å². The lowest BCUT2D eigenvalue weighted by Gasteiger charge is -2.36. The van der Waals surface area contributed by atoms with Crippen molar-refractivity contribution in [2.45, 2.75) is 19.9 Å². The maximum Gasteiger partial charge on any atom is 0.317 e. The molecule has 2 aromatic carbocycles. The van der Waals surface area contributed by atoms with Gasteiger partial charge in [-0.3, -0.25) is 4.79 Å². The molecule has 0 spiro atoms. The van der Waals surface area contributed by atoms with Crippen molar-refractivity contribution in [3.8, 4) is 0 Å². The summed E-state index contributed by atoms with van der Waals surface area (Å²) in [6, 6.07) is 17.6. The first-order valence-electron chi connectivity index (χ1n) is 9.01. The maximum atomic E-state index is 12.5. The normalized spacial score (nSPS) is 15.5. The molecule has 2 aromatic rings. The summed E-state index contributed by atoms with van der Waals surface area (Å²) in [5.74, 6) is 0.0746. The van der Waals surface area contributed by atoms with E-state index in [9.17, 15) is 9.59 Å². The molecule has 26 heavy (non-hydrogen) atoms. The smallest absolute Gasteiger partial charge is 0.317 e. The molecule has 0 aliphatic carbocycles. The highest BCUT2D eigenvalue weighted by molar-refractivity contribution is 5.94. The third-order valence-electron chi connectivity index (χ3n) is 4.85. The second kappa shape index (κ2) is 8.04. The van der Waals surface area contributed by atoms with Crippen molar-refractivity contribution >= 4 is 17.5 Å². The fourth-order valence-electron chi connectivity index (χ4n) is 3.18. The third kappa shape index (κ3) is 4.23. The van der Waals surface area contributed by atoms with Gasteiger partial charge in [0.05, 0.1) is 6.04 Å². The van der Waals surface area contributed by atoms with Crippen LogP contribution in [0.1, 0.15) is 35.8 Å². The predicted molar refractivity (Wildman–Crippen MR) is 104 cm³/mol. The lowest BCUT2D eigenvalue weighted by atomic mass is 10.1. The van der Waals surface area contributed by atoms with Crippen molar-refractivity contribution in [1.29, 1.82) is 0 Å². The number of nitrogens with one attached hydrogen (secondary N) is 1. The van der Waals surface area contributed by atoms with Crippen LogP contribution < -0.4 is 10.2 Å². The van der Waals surface area contributed by atoms with Crippen molar-refractivity contribution < 1.29 is 9.59 Å². The number of hydrogen-bond donors (Lipinski definition) is 1. The molecule has 1 N–H and O–H groups in total. The predicted octanol–water partition coefficient (Wildman–Crippen LogP) is 3.48. The van der Waals surface area contributed by atoms with Gasteiger partial charge in [0.2, 0.25) is 0 Å². The van der Waals surface area contributed by atoms with Gasteiger partial charge in [-0.15, -0.1) is 0 Å². The third-order valence-corrected chi connectivity index (χ3v) is 4.85. The molecule has 2 amide bonds. The van der Waals surface area contributed by atoms with Gasteiger partial charge >= 0.3 is 6.03 Å². The number of nitrogens with zero attached hydrogens (tertiary/aromatic N) is 2. The van der Waals surface area contributed by atoms with Gasteiger partial charge in [0, 0.05) is 37.4 Å².